The van der Waals surface area contributed by atoms with Gasteiger partial charge in [-0.25, -0.2) is 0 Å². The summed E-state index contributed by atoms with van der Waals surface area (Å²) in [6, 6.07) is 6.15. The van der Waals surface area contributed by atoms with Crippen molar-refractivity contribution in [2.75, 3.05) is 25.0 Å². The number of carbonyl (C=O) groups is 2. The second kappa shape index (κ2) is 8.74. The molecule has 1 heterocycles. The molecule has 0 bridgehead atoms. The maximum atomic E-state index is 12.9. The fraction of sp³-hybridized carbons (Fsp3) is 0.680. The number of fused-ring (bicyclic) bond motifs is 1. The van der Waals surface area contributed by atoms with E-state index in [-0.39, 0.29) is 23.8 Å². The van der Waals surface area contributed by atoms with Gasteiger partial charge in [0, 0.05) is 44.1 Å². The van der Waals surface area contributed by atoms with E-state index in [2.05, 4.69) is 22.0 Å². The predicted molar refractivity (Wildman–Crippen MR) is 123 cm³/mol. The summed E-state index contributed by atoms with van der Waals surface area (Å²) in [6.07, 6.45) is 8.17. The molecule has 1 aromatic rings. The summed E-state index contributed by atoms with van der Waals surface area (Å²) in [4.78, 5) is 30.0. The molecule has 0 radical (unpaired) electrons. The third-order valence-electron chi connectivity index (χ3n) is 8.14. The van der Waals surface area contributed by atoms with Gasteiger partial charge in [-0.1, -0.05) is 43.0 Å². The Balaban J connectivity index is 1.18. The molecule has 0 aromatic heterocycles. The van der Waals surface area contributed by atoms with E-state index < -0.39 is 0 Å². The number of anilines is 1. The van der Waals surface area contributed by atoms with Gasteiger partial charge >= 0.3 is 0 Å². The molecule has 3 aliphatic carbocycles. The van der Waals surface area contributed by atoms with E-state index in [1.807, 2.05) is 18.2 Å². The van der Waals surface area contributed by atoms with Crippen LogP contribution in [0.1, 0.15) is 57.4 Å². The van der Waals surface area contributed by atoms with E-state index in [0.717, 1.165) is 50.3 Å². The highest BCUT2D eigenvalue weighted by atomic mass is 35.5. The lowest BCUT2D eigenvalue weighted by Crippen LogP contribution is -2.54. The number of carbonyl (C=O) groups excluding carboxylic acids is 2. The van der Waals surface area contributed by atoms with Gasteiger partial charge in [0.2, 0.25) is 11.8 Å². The molecule has 4 fully saturated rings. The molecule has 1 aliphatic heterocycles. The van der Waals surface area contributed by atoms with Crippen molar-refractivity contribution in [2.24, 2.45) is 23.7 Å². The van der Waals surface area contributed by atoms with Crippen molar-refractivity contribution in [2.45, 2.75) is 64.5 Å². The molecular weight excluding hydrogens is 410 g/mol. The number of rotatable bonds is 5. The van der Waals surface area contributed by atoms with Crippen LogP contribution in [0.15, 0.2) is 18.2 Å². The minimum atomic E-state index is 0.140. The van der Waals surface area contributed by atoms with Crippen LogP contribution in [0.3, 0.4) is 0 Å². The zero-order chi connectivity index (χ0) is 21.5. The summed E-state index contributed by atoms with van der Waals surface area (Å²) in [6.45, 7) is 5.41. The number of amides is 2. The van der Waals surface area contributed by atoms with Gasteiger partial charge in [0.1, 0.15) is 0 Å². The van der Waals surface area contributed by atoms with Crippen LogP contribution in [0.4, 0.5) is 5.69 Å². The monoisotopic (exact) mass is 443 g/mol. The number of benzene rings is 1. The Kier molecular flexibility index (Phi) is 6.00. The zero-order valence-corrected chi connectivity index (χ0v) is 19.2. The Morgan fingerprint density at radius 1 is 1.06 bits per heavy atom. The number of hydrogen-bond donors (Lipinski definition) is 1. The molecule has 4 aliphatic rings. The number of nitrogens with one attached hydrogen (secondary N) is 1. The number of piperazine rings is 1. The Labute approximate surface area is 190 Å². The Morgan fingerprint density at radius 3 is 2.52 bits per heavy atom. The van der Waals surface area contributed by atoms with Crippen LogP contribution >= 0.6 is 11.6 Å². The lowest BCUT2D eigenvalue weighted by atomic mass is 10.0. The standard InChI is InChI=1S/C25H34ClN3O2/c1-16-14-28(12-13-29(16)25(31)17-6-2-3-7-17)15-18-8-4-11-21(23(18)26)27-24(30)22-19-9-5-10-20(19)22/h4,8,11,16-17,19-20,22H,2-3,5-7,9-10,12-15H2,1H3,(H,27,30)/t16-,19?,20?,22?/m0/s1. The molecule has 1 saturated heterocycles. The molecule has 2 amide bonds. The minimum absolute atomic E-state index is 0.140. The summed E-state index contributed by atoms with van der Waals surface area (Å²) in [7, 11) is 0. The van der Waals surface area contributed by atoms with Crippen molar-refractivity contribution < 1.29 is 9.59 Å². The van der Waals surface area contributed by atoms with Crippen molar-refractivity contribution >= 4 is 29.1 Å². The van der Waals surface area contributed by atoms with Gasteiger partial charge in [0.25, 0.3) is 0 Å². The molecule has 31 heavy (non-hydrogen) atoms. The molecule has 3 saturated carbocycles. The van der Waals surface area contributed by atoms with Crippen LogP contribution in [0.25, 0.3) is 0 Å². The largest absolute Gasteiger partial charge is 0.337 e. The summed E-state index contributed by atoms with van der Waals surface area (Å²) >= 11 is 6.71. The van der Waals surface area contributed by atoms with Crippen LogP contribution < -0.4 is 5.32 Å². The lowest BCUT2D eigenvalue weighted by molar-refractivity contribution is -0.140. The lowest BCUT2D eigenvalue weighted by Gasteiger charge is -2.41. The molecule has 1 N–H and O–H groups in total. The first kappa shape index (κ1) is 21.3. The van der Waals surface area contributed by atoms with E-state index in [1.54, 1.807) is 0 Å². The van der Waals surface area contributed by atoms with Crippen molar-refractivity contribution in [3.63, 3.8) is 0 Å². The highest BCUT2D eigenvalue weighted by molar-refractivity contribution is 6.34. The molecule has 5 nitrogen and oxygen atoms in total. The fourth-order valence-corrected chi connectivity index (χ4v) is 6.61. The predicted octanol–water partition coefficient (Wildman–Crippen LogP) is 4.55. The number of nitrogens with zero attached hydrogens (tertiary/aromatic N) is 2. The van der Waals surface area contributed by atoms with Crippen molar-refractivity contribution in [1.82, 2.24) is 9.80 Å². The van der Waals surface area contributed by atoms with Crippen molar-refractivity contribution in [1.29, 1.82) is 0 Å². The van der Waals surface area contributed by atoms with Crippen LogP contribution in [0.2, 0.25) is 5.02 Å². The summed E-state index contributed by atoms with van der Waals surface area (Å²) in [5.41, 5.74) is 1.77. The van der Waals surface area contributed by atoms with Gasteiger partial charge in [0.05, 0.1) is 10.7 Å². The maximum absolute atomic E-state index is 12.9. The van der Waals surface area contributed by atoms with Gasteiger partial charge in [-0.05, 0) is 56.1 Å². The van der Waals surface area contributed by atoms with Crippen molar-refractivity contribution in [3.8, 4) is 0 Å². The zero-order valence-electron chi connectivity index (χ0n) is 18.5. The Bertz CT molecular complexity index is 843. The molecule has 1 aromatic carbocycles. The summed E-state index contributed by atoms with van der Waals surface area (Å²) < 4.78 is 0. The van der Waals surface area contributed by atoms with E-state index in [9.17, 15) is 9.59 Å². The van der Waals surface area contributed by atoms with Gasteiger partial charge in [-0.2, -0.15) is 0 Å². The molecule has 2 unspecified atom stereocenters. The molecular formula is C25H34ClN3O2. The minimum Gasteiger partial charge on any atom is -0.337 e. The van der Waals surface area contributed by atoms with E-state index in [4.69, 9.17) is 11.6 Å². The molecule has 168 valence electrons. The average molecular weight is 444 g/mol. The SMILES string of the molecule is C[C@H]1CN(Cc2cccc(NC(=O)C3C4CCCC43)c2Cl)CCN1C(=O)C1CCCC1. The van der Waals surface area contributed by atoms with Crippen LogP contribution in [0.5, 0.6) is 0 Å². The van der Waals surface area contributed by atoms with Gasteiger partial charge in [-0.3, -0.25) is 14.5 Å². The smallest absolute Gasteiger partial charge is 0.228 e. The number of hydrogen-bond acceptors (Lipinski definition) is 3. The second-order valence-corrected chi connectivity index (χ2v) is 10.5. The first-order valence-corrected chi connectivity index (χ1v) is 12.5. The van der Waals surface area contributed by atoms with Gasteiger partial charge in [-0.15, -0.1) is 0 Å². The van der Waals surface area contributed by atoms with E-state index in [0.29, 0.717) is 22.8 Å². The van der Waals surface area contributed by atoms with Gasteiger partial charge in [0.15, 0.2) is 0 Å². The average Bonchev–Trinajstić information content (AvgIpc) is 3.14. The normalized spacial score (nSPS) is 31.0. The van der Waals surface area contributed by atoms with E-state index >= 15 is 0 Å². The second-order valence-electron chi connectivity index (χ2n) is 10.1. The van der Waals surface area contributed by atoms with E-state index in [1.165, 1.54) is 32.1 Å². The molecule has 0 spiro atoms. The van der Waals surface area contributed by atoms with Gasteiger partial charge < -0.3 is 10.2 Å². The highest BCUT2D eigenvalue weighted by Gasteiger charge is 2.56. The van der Waals surface area contributed by atoms with Crippen LogP contribution in [-0.4, -0.2) is 47.3 Å². The third-order valence-corrected chi connectivity index (χ3v) is 8.59. The fourth-order valence-electron chi connectivity index (χ4n) is 6.38. The summed E-state index contributed by atoms with van der Waals surface area (Å²) in [5, 5.41) is 3.75. The summed E-state index contributed by atoms with van der Waals surface area (Å²) in [5.74, 6) is 2.14. The molecule has 3 atom stereocenters. The molecule has 6 heteroatoms. The first-order chi connectivity index (χ1) is 15.0. The highest BCUT2D eigenvalue weighted by Crippen LogP contribution is 2.57. The quantitative estimate of drug-likeness (QED) is 0.726. The Morgan fingerprint density at radius 2 is 1.81 bits per heavy atom. The number of halogens is 1. The van der Waals surface area contributed by atoms with Crippen molar-refractivity contribution in [3.05, 3.63) is 28.8 Å². The van der Waals surface area contributed by atoms with Crippen LogP contribution in [-0.2, 0) is 16.1 Å². The Hall–Kier alpha value is -1.59. The third kappa shape index (κ3) is 4.23. The first-order valence-electron chi connectivity index (χ1n) is 12.1. The molecule has 5 rings (SSSR count). The van der Waals surface area contributed by atoms with Crippen LogP contribution in [0, 0.1) is 23.7 Å². The topological polar surface area (TPSA) is 52.7 Å². The maximum Gasteiger partial charge on any atom is 0.228 e.